The number of nitrogens with one attached hydrogen (secondary N) is 2. The zero-order chi connectivity index (χ0) is 22.4. The molecule has 0 saturated heterocycles. The number of carbonyl (C=O) groups is 2. The highest BCUT2D eigenvalue weighted by atomic mass is 127. The Balaban J connectivity index is 1.88. The van der Waals surface area contributed by atoms with Crippen LogP contribution in [0.1, 0.15) is 42.5 Å². The van der Waals surface area contributed by atoms with E-state index in [1.807, 2.05) is 0 Å². The molecule has 3 unspecified atom stereocenters. The standard InChI is InChI=1S/C22H29IN2O6/c1-30-19-9-13(12-27)8-16(23)21(19)31-18-11-14(22(29)24-6-7-26)10-17(20(18)28)25-15-4-2-3-5-15/h8-9,11-12,15,17-18,20,25-26,28H,2-7,10H2,1H3,(H,24,29). The van der Waals surface area contributed by atoms with Crippen LogP contribution in [0.3, 0.4) is 0 Å². The van der Waals surface area contributed by atoms with Crippen LogP contribution in [0.2, 0.25) is 0 Å². The quantitative estimate of drug-likeness (QED) is 0.276. The van der Waals surface area contributed by atoms with Gasteiger partial charge in [0.15, 0.2) is 11.5 Å². The zero-order valence-corrected chi connectivity index (χ0v) is 19.6. The van der Waals surface area contributed by atoms with E-state index in [1.54, 1.807) is 18.2 Å². The van der Waals surface area contributed by atoms with Crippen LogP contribution < -0.4 is 20.1 Å². The Morgan fingerprint density at radius 1 is 1.32 bits per heavy atom. The van der Waals surface area contributed by atoms with Crippen molar-refractivity contribution in [2.24, 2.45) is 0 Å². The first kappa shape index (κ1) is 24.0. The van der Waals surface area contributed by atoms with E-state index in [0.29, 0.717) is 38.7 Å². The molecule has 0 spiro atoms. The monoisotopic (exact) mass is 544 g/mol. The molecule has 170 valence electrons. The molecular formula is C22H29IN2O6. The third-order valence-electron chi connectivity index (χ3n) is 5.69. The number of rotatable bonds is 9. The molecule has 2 aliphatic rings. The van der Waals surface area contributed by atoms with Crippen LogP contribution in [0, 0.1) is 3.57 Å². The van der Waals surface area contributed by atoms with Crippen LogP contribution in [0.25, 0.3) is 0 Å². The molecule has 31 heavy (non-hydrogen) atoms. The van der Waals surface area contributed by atoms with Gasteiger partial charge in [-0.3, -0.25) is 9.59 Å². The van der Waals surface area contributed by atoms with Gasteiger partial charge in [-0.1, -0.05) is 12.8 Å². The van der Waals surface area contributed by atoms with Crippen LogP contribution in [0.15, 0.2) is 23.8 Å². The molecule has 1 aromatic carbocycles. The molecule has 3 atom stereocenters. The van der Waals surface area contributed by atoms with Crippen molar-refractivity contribution < 1.29 is 29.3 Å². The molecule has 0 heterocycles. The second-order valence-corrected chi connectivity index (χ2v) is 9.02. The van der Waals surface area contributed by atoms with E-state index in [9.17, 15) is 14.7 Å². The van der Waals surface area contributed by atoms with Gasteiger partial charge in [0.1, 0.15) is 18.5 Å². The number of amides is 1. The third kappa shape index (κ3) is 5.97. The molecule has 9 heteroatoms. The van der Waals surface area contributed by atoms with Crippen molar-refractivity contribution in [1.82, 2.24) is 10.6 Å². The summed E-state index contributed by atoms with van der Waals surface area (Å²) in [6.45, 7) is 0.00759. The molecule has 0 aromatic heterocycles. The molecule has 8 nitrogen and oxygen atoms in total. The zero-order valence-electron chi connectivity index (χ0n) is 17.5. The minimum absolute atomic E-state index is 0.149. The molecule has 1 saturated carbocycles. The second kappa shape index (κ2) is 11.3. The lowest BCUT2D eigenvalue weighted by Crippen LogP contribution is -2.53. The van der Waals surface area contributed by atoms with Gasteiger partial charge in [-0.25, -0.2) is 0 Å². The first-order valence-corrected chi connectivity index (χ1v) is 11.6. The van der Waals surface area contributed by atoms with Crippen molar-refractivity contribution >= 4 is 34.8 Å². The number of halogens is 1. The molecule has 3 rings (SSSR count). The van der Waals surface area contributed by atoms with Gasteiger partial charge >= 0.3 is 0 Å². The number of benzene rings is 1. The highest BCUT2D eigenvalue weighted by Crippen LogP contribution is 2.36. The summed E-state index contributed by atoms with van der Waals surface area (Å²) >= 11 is 2.06. The van der Waals surface area contributed by atoms with Crippen molar-refractivity contribution in [3.63, 3.8) is 0 Å². The van der Waals surface area contributed by atoms with E-state index < -0.39 is 12.2 Å². The van der Waals surface area contributed by atoms with Gasteiger partial charge in [0.25, 0.3) is 0 Å². The average molecular weight is 544 g/mol. The predicted octanol–water partition coefficient (Wildman–Crippen LogP) is 1.56. The maximum Gasteiger partial charge on any atom is 0.247 e. The Morgan fingerprint density at radius 2 is 2.06 bits per heavy atom. The van der Waals surface area contributed by atoms with Gasteiger partial charge in [-0.05, 0) is 60.1 Å². The van der Waals surface area contributed by atoms with Gasteiger partial charge in [0.05, 0.1) is 17.3 Å². The van der Waals surface area contributed by atoms with Crippen molar-refractivity contribution in [2.75, 3.05) is 20.3 Å². The summed E-state index contributed by atoms with van der Waals surface area (Å²) < 4.78 is 12.2. The molecule has 2 aliphatic carbocycles. The van der Waals surface area contributed by atoms with Crippen LogP contribution in [0.4, 0.5) is 0 Å². The summed E-state index contributed by atoms with van der Waals surface area (Å²) in [5.74, 6) is 0.503. The van der Waals surface area contributed by atoms with Crippen molar-refractivity contribution in [2.45, 2.75) is 56.4 Å². The van der Waals surface area contributed by atoms with Crippen LogP contribution in [0.5, 0.6) is 11.5 Å². The highest BCUT2D eigenvalue weighted by molar-refractivity contribution is 14.1. The summed E-state index contributed by atoms with van der Waals surface area (Å²) in [6, 6.07) is 3.22. The van der Waals surface area contributed by atoms with Gasteiger partial charge in [0.2, 0.25) is 5.91 Å². The maximum absolute atomic E-state index is 12.6. The van der Waals surface area contributed by atoms with E-state index >= 15 is 0 Å². The molecule has 0 radical (unpaired) electrons. The summed E-state index contributed by atoms with van der Waals surface area (Å²) in [6.07, 6.45) is 5.47. The Labute approximate surface area is 195 Å². The lowest BCUT2D eigenvalue weighted by atomic mass is 9.88. The van der Waals surface area contributed by atoms with Crippen molar-refractivity contribution in [1.29, 1.82) is 0 Å². The summed E-state index contributed by atoms with van der Waals surface area (Å²) in [5, 5.41) is 26.3. The molecule has 0 aliphatic heterocycles. The van der Waals surface area contributed by atoms with Crippen LogP contribution >= 0.6 is 22.6 Å². The number of methoxy groups -OCH3 is 1. The summed E-state index contributed by atoms with van der Waals surface area (Å²) in [4.78, 5) is 23.8. The second-order valence-electron chi connectivity index (χ2n) is 7.86. The van der Waals surface area contributed by atoms with E-state index in [-0.39, 0.29) is 25.1 Å². The predicted molar refractivity (Wildman–Crippen MR) is 123 cm³/mol. The number of ether oxygens (including phenoxy) is 2. The van der Waals surface area contributed by atoms with E-state index in [0.717, 1.165) is 32.0 Å². The Kier molecular flexibility index (Phi) is 8.70. The number of aliphatic hydroxyl groups is 2. The summed E-state index contributed by atoms with van der Waals surface area (Å²) in [7, 11) is 1.48. The molecule has 1 fully saturated rings. The molecule has 4 N–H and O–H groups in total. The topological polar surface area (TPSA) is 117 Å². The SMILES string of the molecule is COc1cc(C=O)cc(I)c1OC1C=C(C(=O)NCCO)CC(NC2CCCC2)C1O. The number of hydrogen-bond acceptors (Lipinski definition) is 7. The number of carbonyl (C=O) groups excluding carboxylic acids is 2. The number of hydrogen-bond donors (Lipinski definition) is 4. The highest BCUT2D eigenvalue weighted by Gasteiger charge is 2.37. The van der Waals surface area contributed by atoms with Crippen LogP contribution in [-0.4, -0.2) is 67.0 Å². The number of aliphatic hydroxyl groups excluding tert-OH is 2. The average Bonchev–Trinajstić information content (AvgIpc) is 3.28. The Hall–Kier alpha value is -1.69. The first-order valence-electron chi connectivity index (χ1n) is 10.5. The minimum atomic E-state index is -0.874. The van der Waals surface area contributed by atoms with E-state index in [2.05, 4.69) is 33.2 Å². The van der Waals surface area contributed by atoms with Gasteiger partial charge in [0, 0.05) is 29.8 Å². The molecular weight excluding hydrogens is 515 g/mol. The van der Waals surface area contributed by atoms with Crippen molar-refractivity contribution in [3.05, 3.63) is 32.9 Å². The largest absolute Gasteiger partial charge is 0.493 e. The Bertz CT molecular complexity index is 824. The first-order chi connectivity index (χ1) is 15.0. The smallest absolute Gasteiger partial charge is 0.247 e. The molecule has 1 amide bonds. The molecule has 1 aromatic rings. The maximum atomic E-state index is 12.6. The van der Waals surface area contributed by atoms with Gasteiger partial charge in [-0.15, -0.1) is 0 Å². The van der Waals surface area contributed by atoms with E-state index in [1.165, 1.54) is 7.11 Å². The van der Waals surface area contributed by atoms with Crippen molar-refractivity contribution in [3.8, 4) is 11.5 Å². The lowest BCUT2D eigenvalue weighted by molar-refractivity contribution is -0.118. The molecule has 0 bridgehead atoms. The van der Waals surface area contributed by atoms with Gasteiger partial charge in [-0.2, -0.15) is 0 Å². The van der Waals surface area contributed by atoms with Crippen LogP contribution in [-0.2, 0) is 4.79 Å². The fourth-order valence-electron chi connectivity index (χ4n) is 4.12. The van der Waals surface area contributed by atoms with Gasteiger partial charge < -0.3 is 30.3 Å². The summed E-state index contributed by atoms with van der Waals surface area (Å²) in [5.41, 5.74) is 0.955. The third-order valence-corrected chi connectivity index (χ3v) is 6.49. The number of aldehydes is 1. The van der Waals surface area contributed by atoms with E-state index in [4.69, 9.17) is 14.6 Å². The fourth-order valence-corrected chi connectivity index (χ4v) is 4.87. The lowest BCUT2D eigenvalue weighted by Gasteiger charge is -2.36. The fraction of sp³-hybridized carbons (Fsp3) is 0.545. The normalized spacial score (nSPS) is 23.9. The Morgan fingerprint density at radius 3 is 2.71 bits per heavy atom. The minimum Gasteiger partial charge on any atom is -0.493 e.